The van der Waals surface area contributed by atoms with Crippen LogP contribution < -0.4 is 5.32 Å². The molecule has 0 bridgehead atoms. The van der Waals surface area contributed by atoms with Crippen LogP contribution in [0, 0.1) is 5.92 Å². The fourth-order valence-electron chi connectivity index (χ4n) is 5.81. The fraction of sp³-hybridized carbons (Fsp3) is 0.452. The van der Waals surface area contributed by atoms with Gasteiger partial charge in [-0.15, -0.1) is 0 Å². The Bertz CT molecular complexity index is 1410. The van der Waals surface area contributed by atoms with Crippen LogP contribution in [0.4, 0.5) is 0 Å². The van der Waals surface area contributed by atoms with Crippen molar-refractivity contribution in [2.24, 2.45) is 13.0 Å². The molecule has 0 amide bonds. The number of benzene rings is 2. The maximum atomic E-state index is 11.7. The van der Waals surface area contributed by atoms with Gasteiger partial charge in [-0.2, -0.15) is 0 Å². The number of carbonyl (C=O) groups is 2. The molecule has 0 radical (unpaired) electrons. The number of hydrogen-bond acceptors (Lipinski definition) is 6. The summed E-state index contributed by atoms with van der Waals surface area (Å²) < 4.78 is 4.38. The third kappa shape index (κ3) is 6.54. The van der Waals surface area contributed by atoms with E-state index in [-0.39, 0.29) is 12.2 Å². The predicted molar refractivity (Wildman–Crippen MR) is 158 cm³/mol. The summed E-state index contributed by atoms with van der Waals surface area (Å²) in [6.45, 7) is 6.22. The molecule has 1 saturated carbocycles. The van der Waals surface area contributed by atoms with E-state index in [2.05, 4.69) is 46.5 Å². The zero-order chi connectivity index (χ0) is 29.4. The van der Waals surface area contributed by atoms with Gasteiger partial charge in [-0.1, -0.05) is 25.8 Å². The van der Waals surface area contributed by atoms with E-state index in [1.165, 1.54) is 12.8 Å². The van der Waals surface area contributed by atoms with Gasteiger partial charge < -0.3 is 34.6 Å². The molecule has 9 heteroatoms. The van der Waals surface area contributed by atoms with Gasteiger partial charge in [-0.25, -0.2) is 4.98 Å². The molecular formula is C31H42N4O5. The molecular weight excluding hydrogens is 508 g/mol. The molecule has 1 fully saturated rings. The Morgan fingerprint density at radius 2 is 1.88 bits per heavy atom. The van der Waals surface area contributed by atoms with E-state index < -0.39 is 6.10 Å². The standard InChI is InChI=1S/C29H38N4O2.CH2O2.CH2O/c1-18-6-5-7-22(16-18)33-25-12-13-26(34)23(10-8-19(2)30-3)27(25)31-29(33)28(35)21-9-11-24-20(17-21)14-15-32(24)4;2-1-3;1-2/h9,11-15,17-19,22,28,30,34-35H,5-8,10,16H2,1-4H3;1H,(H,2,3);1H2. The largest absolute Gasteiger partial charge is 0.508 e. The maximum absolute atomic E-state index is 11.7. The van der Waals surface area contributed by atoms with Crippen LogP contribution in [0.25, 0.3) is 21.9 Å². The summed E-state index contributed by atoms with van der Waals surface area (Å²) in [4.78, 5) is 21.4. The maximum Gasteiger partial charge on any atom is 0.290 e. The van der Waals surface area contributed by atoms with Gasteiger partial charge in [0, 0.05) is 36.4 Å². The highest BCUT2D eigenvalue weighted by atomic mass is 16.3. The molecule has 0 spiro atoms. The van der Waals surface area contributed by atoms with Crippen molar-refractivity contribution < 1.29 is 24.9 Å². The number of aromatic nitrogens is 3. The Kier molecular flexibility index (Phi) is 10.9. The molecule has 9 nitrogen and oxygen atoms in total. The minimum Gasteiger partial charge on any atom is -0.508 e. The number of carboxylic acid groups (broad SMARTS) is 1. The quantitative estimate of drug-likeness (QED) is 0.235. The number of aliphatic hydroxyl groups is 1. The highest BCUT2D eigenvalue weighted by molar-refractivity contribution is 5.83. The number of hydrogen-bond donors (Lipinski definition) is 4. The molecule has 4 aromatic rings. The minimum absolute atomic E-state index is 0.250. The van der Waals surface area contributed by atoms with E-state index in [9.17, 15) is 10.2 Å². The molecule has 2 aromatic heterocycles. The Morgan fingerprint density at radius 3 is 2.55 bits per heavy atom. The second-order valence-corrected chi connectivity index (χ2v) is 10.7. The van der Waals surface area contributed by atoms with E-state index in [0.29, 0.717) is 23.8 Å². The van der Waals surface area contributed by atoms with Gasteiger partial charge in [-0.05, 0) is 86.9 Å². The number of nitrogens with zero attached hydrogens (tertiary/aromatic N) is 3. The van der Waals surface area contributed by atoms with Crippen molar-refractivity contribution in [1.82, 2.24) is 19.4 Å². The zero-order valence-corrected chi connectivity index (χ0v) is 23.9. The van der Waals surface area contributed by atoms with Crippen LogP contribution in [-0.2, 0) is 23.1 Å². The third-order valence-electron chi connectivity index (χ3n) is 8.03. The summed E-state index contributed by atoms with van der Waals surface area (Å²) in [5.41, 5.74) is 4.70. The smallest absolute Gasteiger partial charge is 0.290 e. The van der Waals surface area contributed by atoms with Crippen LogP contribution in [-0.4, -0.2) is 55.8 Å². The molecule has 4 N–H and O–H groups in total. The van der Waals surface area contributed by atoms with Gasteiger partial charge in [0.15, 0.2) is 0 Å². The lowest BCUT2D eigenvalue weighted by atomic mass is 9.86. The molecule has 4 unspecified atom stereocenters. The lowest BCUT2D eigenvalue weighted by molar-refractivity contribution is -0.122. The second kappa shape index (κ2) is 14.1. The van der Waals surface area contributed by atoms with E-state index in [0.717, 1.165) is 58.7 Å². The van der Waals surface area contributed by atoms with Gasteiger partial charge in [-0.3, -0.25) is 4.79 Å². The Morgan fingerprint density at radius 1 is 1.18 bits per heavy atom. The number of nitrogens with one attached hydrogen (secondary N) is 1. The number of imidazole rings is 1. The van der Waals surface area contributed by atoms with E-state index in [4.69, 9.17) is 19.7 Å². The van der Waals surface area contributed by atoms with Gasteiger partial charge >= 0.3 is 0 Å². The molecule has 5 rings (SSSR count). The monoisotopic (exact) mass is 550 g/mol. The second-order valence-electron chi connectivity index (χ2n) is 10.7. The number of rotatable bonds is 7. The van der Waals surface area contributed by atoms with Crippen molar-refractivity contribution in [3.8, 4) is 5.75 Å². The first-order chi connectivity index (χ1) is 19.3. The highest BCUT2D eigenvalue weighted by Crippen LogP contribution is 2.40. The zero-order valence-electron chi connectivity index (χ0n) is 23.9. The van der Waals surface area contributed by atoms with Crippen LogP contribution in [0.5, 0.6) is 5.75 Å². The average molecular weight is 551 g/mol. The molecule has 40 heavy (non-hydrogen) atoms. The van der Waals surface area contributed by atoms with E-state index in [1.54, 1.807) is 6.07 Å². The number of aliphatic hydroxyl groups excluding tert-OH is 1. The molecule has 0 aliphatic heterocycles. The topological polar surface area (TPSA) is 130 Å². The molecule has 4 atom stereocenters. The van der Waals surface area contributed by atoms with Crippen LogP contribution in [0.3, 0.4) is 0 Å². The molecule has 1 aliphatic rings. The van der Waals surface area contributed by atoms with Gasteiger partial charge in [0.2, 0.25) is 0 Å². The number of fused-ring (bicyclic) bond motifs is 2. The first kappa shape index (κ1) is 30.8. The average Bonchev–Trinajstić information content (AvgIpc) is 3.53. The molecule has 2 aromatic carbocycles. The molecule has 216 valence electrons. The van der Waals surface area contributed by atoms with Gasteiger partial charge in [0.1, 0.15) is 24.5 Å². The van der Waals surface area contributed by atoms with Crippen LogP contribution in [0.15, 0.2) is 42.6 Å². The normalized spacial score (nSPS) is 18.3. The summed E-state index contributed by atoms with van der Waals surface area (Å²) >= 11 is 0. The Balaban J connectivity index is 0.000000827. The van der Waals surface area contributed by atoms with Crippen molar-refractivity contribution in [1.29, 1.82) is 0 Å². The molecule has 2 heterocycles. The number of phenolic OH excluding ortho intramolecular Hbond substituents is 1. The number of carbonyl (C=O) groups excluding carboxylic acids is 1. The Labute approximate surface area is 235 Å². The van der Waals surface area contributed by atoms with Crippen LogP contribution in [0.1, 0.15) is 75.0 Å². The highest BCUT2D eigenvalue weighted by Gasteiger charge is 2.29. The number of aryl methyl sites for hydroxylation is 2. The van der Waals surface area contributed by atoms with Gasteiger partial charge in [0.05, 0.1) is 11.0 Å². The van der Waals surface area contributed by atoms with Crippen molar-refractivity contribution in [2.75, 3.05) is 7.05 Å². The SMILES string of the molecule is C=O.CNC(C)CCc1c(O)ccc2c1nc(C(O)c1ccc3c(ccn3C)c1)n2C1CCCC(C)C1.O=CO. The first-order valence-electron chi connectivity index (χ1n) is 13.8. The van der Waals surface area contributed by atoms with Crippen molar-refractivity contribution >= 4 is 35.2 Å². The lowest BCUT2D eigenvalue weighted by Gasteiger charge is -2.30. The van der Waals surface area contributed by atoms with E-state index in [1.807, 2.05) is 39.2 Å². The summed E-state index contributed by atoms with van der Waals surface area (Å²) in [6, 6.07) is 12.6. The Hall–Kier alpha value is -3.69. The summed E-state index contributed by atoms with van der Waals surface area (Å²) in [6.07, 6.45) is 7.43. The number of aromatic hydroxyl groups is 1. The predicted octanol–water partition coefficient (Wildman–Crippen LogP) is 5.12. The van der Waals surface area contributed by atoms with Gasteiger partial charge in [0.25, 0.3) is 6.47 Å². The summed E-state index contributed by atoms with van der Waals surface area (Å²) in [7, 11) is 3.99. The summed E-state index contributed by atoms with van der Waals surface area (Å²) in [5.74, 6) is 1.61. The lowest BCUT2D eigenvalue weighted by Crippen LogP contribution is -2.21. The first-order valence-corrected chi connectivity index (χ1v) is 13.8. The third-order valence-corrected chi connectivity index (χ3v) is 8.03. The van der Waals surface area contributed by atoms with Crippen LogP contribution >= 0.6 is 0 Å². The molecule has 0 saturated heterocycles. The van der Waals surface area contributed by atoms with E-state index >= 15 is 0 Å². The van der Waals surface area contributed by atoms with Crippen molar-refractivity contribution in [3.05, 3.63) is 59.5 Å². The number of phenols is 1. The summed E-state index contributed by atoms with van der Waals surface area (Å²) in [5, 5.41) is 33.8. The van der Waals surface area contributed by atoms with Crippen molar-refractivity contribution in [2.45, 2.75) is 70.6 Å². The minimum atomic E-state index is -0.838. The fourth-order valence-corrected chi connectivity index (χ4v) is 5.81. The molecule has 1 aliphatic carbocycles. The van der Waals surface area contributed by atoms with Crippen LogP contribution in [0.2, 0.25) is 0 Å². The van der Waals surface area contributed by atoms with Crippen molar-refractivity contribution in [3.63, 3.8) is 0 Å².